The quantitative estimate of drug-likeness (QED) is 0.385. The van der Waals surface area contributed by atoms with Crippen molar-refractivity contribution < 1.29 is 0 Å². The largest absolute Gasteiger partial charge is 0.371 e. The van der Waals surface area contributed by atoms with Gasteiger partial charge in [0.1, 0.15) is 0 Å². The molecule has 6 heteroatoms. The van der Waals surface area contributed by atoms with Crippen LogP contribution in [0, 0.1) is 5.92 Å². The minimum atomic E-state index is 0. The van der Waals surface area contributed by atoms with Crippen molar-refractivity contribution >= 4 is 51.6 Å². The van der Waals surface area contributed by atoms with Gasteiger partial charge >= 0.3 is 0 Å². The van der Waals surface area contributed by atoms with Crippen LogP contribution in [0.25, 0.3) is 0 Å². The molecular weight excluding hydrogens is 455 g/mol. The van der Waals surface area contributed by atoms with Gasteiger partial charge in [-0.3, -0.25) is 4.99 Å². The van der Waals surface area contributed by atoms with Crippen molar-refractivity contribution in [1.29, 1.82) is 0 Å². The minimum absolute atomic E-state index is 0. The van der Waals surface area contributed by atoms with Gasteiger partial charge in [-0.15, -0.1) is 24.0 Å². The van der Waals surface area contributed by atoms with E-state index < -0.39 is 0 Å². The van der Waals surface area contributed by atoms with Gasteiger partial charge in [-0.1, -0.05) is 22.0 Å². The smallest absolute Gasteiger partial charge is 0.191 e. The summed E-state index contributed by atoms with van der Waals surface area (Å²) >= 11 is 3.54. The molecule has 1 aliphatic rings. The molecule has 0 aromatic heterocycles. The van der Waals surface area contributed by atoms with Gasteiger partial charge in [0.15, 0.2) is 5.96 Å². The first kappa shape index (κ1) is 19.5. The Hall–Kier alpha value is -0.500. The fraction of sp³-hybridized carbons (Fsp3) is 0.562. The zero-order chi connectivity index (χ0) is 15.1. The zero-order valence-corrected chi connectivity index (χ0v) is 17.2. The molecule has 0 bridgehead atoms. The molecule has 0 aliphatic carbocycles. The van der Waals surface area contributed by atoms with E-state index in [1.54, 1.807) is 0 Å². The van der Waals surface area contributed by atoms with Crippen LogP contribution in [-0.4, -0.2) is 38.7 Å². The Morgan fingerprint density at radius 3 is 2.68 bits per heavy atom. The van der Waals surface area contributed by atoms with Crippen LogP contribution in [0.2, 0.25) is 0 Å². The van der Waals surface area contributed by atoms with Crippen LogP contribution in [0.15, 0.2) is 33.7 Å². The Bertz CT molecular complexity index is 473. The van der Waals surface area contributed by atoms with E-state index in [1.165, 1.54) is 12.1 Å². The molecule has 22 heavy (non-hydrogen) atoms. The molecular formula is C16H26BrIN4. The third-order valence-corrected chi connectivity index (χ3v) is 4.15. The van der Waals surface area contributed by atoms with Crippen LogP contribution in [0.3, 0.4) is 0 Å². The molecule has 1 aliphatic heterocycles. The number of hydrogen-bond donors (Lipinski definition) is 2. The molecule has 4 nitrogen and oxygen atoms in total. The van der Waals surface area contributed by atoms with E-state index in [1.807, 2.05) is 0 Å². The maximum Gasteiger partial charge on any atom is 0.191 e. The fourth-order valence-corrected chi connectivity index (χ4v) is 3.01. The Morgan fingerprint density at radius 2 is 2.05 bits per heavy atom. The van der Waals surface area contributed by atoms with Crippen molar-refractivity contribution in [3.63, 3.8) is 0 Å². The average Bonchev–Trinajstić information content (AvgIpc) is 2.94. The monoisotopic (exact) mass is 480 g/mol. The normalized spacial score (nSPS) is 16.9. The number of halogens is 2. The lowest BCUT2D eigenvalue weighted by Crippen LogP contribution is -2.37. The summed E-state index contributed by atoms with van der Waals surface area (Å²) in [7, 11) is 0. The molecule has 2 rings (SSSR count). The van der Waals surface area contributed by atoms with Crippen LogP contribution in [0.5, 0.6) is 0 Å². The maximum atomic E-state index is 4.69. The number of guanidine groups is 1. The summed E-state index contributed by atoms with van der Waals surface area (Å²) in [6, 6.07) is 8.53. The predicted octanol–water partition coefficient (Wildman–Crippen LogP) is 3.47. The van der Waals surface area contributed by atoms with E-state index in [9.17, 15) is 0 Å². The van der Waals surface area contributed by atoms with Gasteiger partial charge in [0, 0.05) is 42.9 Å². The van der Waals surface area contributed by atoms with Crippen LogP contribution in [0.1, 0.15) is 20.3 Å². The Kier molecular flexibility index (Phi) is 9.16. The van der Waals surface area contributed by atoms with E-state index in [4.69, 9.17) is 0 Å². The molecule has 0 spiro atoms. The van der Waals surface area contributed by atoms with Crippen molar-refractivity contribution in [3.05, 3.63) is 28.7 Å². The first-order valence-corrected chi connectivity index (χ1v) is 8.55. The summed E-state index contributed by atoms with van der Waals surface area (Å²) in [5.41, 5.74) is 1.30. The van der Waals surface area contributed by atoms with Gasteiger partial charge in [-0.05, 0) is 44.4 Å². The molecule has 1 atom stereocenters. The van der Waals surface area contributed by atoms with E-state index >= 15 is 0 Å². The molecule has 1 aromatic rings. The highest BCUT2D eigenvalue weighted by Gasteiger charge is 2.22. The standard InChI is InChI=1S/C16H25BrN4.HI/c1-3-18-16(19-4-2)20-11-13-8-9-21(12-13)15-7-5-6-14(17)10-15;/h5-7,10,13H,3-4,8-9,11-12H2,1-2H3,(H2,18,19,20);1H. The zero-order valence-electron chi connectivity index (χ0n) is 13.3. The van der Waals surface area contributed by atoms with Crippen molar-refractivity contribution in [2.45, 2.75) is 20.3 Å². The van der Waals surface area contributed by atoms with Crippen molar-refractivity contribution in [3.8, 4) is 0 Å². The number of hydrogen-bond acceptors (Lipinski definition) is 2. The molecule has 0 amide bonds. The third kappa shape index (κ3) is 5.95. The topological polar surface area (TPSA) is 39.7 Å². The molecule has 2 N–H and O–H groups in total. The van der Waals surface area contributed by atoms with Crippen molar-refractivity contribution in [1.82, 2.24) is 10.6 Å². The number of nitrogens with one attached hydrogen (secondary N) is 2. The molecule has 1 unspecified atom stereocenters. The van der Waals surface area contributed by atoms with Crippen LogP contribution < -0.4 is 15.5 Å². The molecule has 1 saturated heterocycles. The highest BCUT2D eigenvalue weighted by atomic mass is 127. The SMILES string of the molecule is CCNC(=NCC1CCN(c2cccc(Br)c2)C1)NCC.I. The van der Waals surface area contributed by atoms with Gasteiger partial charge in [0.2, 0.25) is 0 Å². The number of anilines is 1. The molecule has 1 heterocycles. The summed E-state index contributed by atoms with van der Waals surface area (Å²) in [4.78, 5) is 7.14. The number of rotatable bonds is 5. The van der Waals surface area contributed by atoms with E-state index in [0.29, 0.717) is 5.92 Å². The summed E-state index contributed by atoms with van der Waals surface area (Å²) in [6.07, 6.45) is 1.21. The summed E-state index contributed by atoms with van der Waals surface area (Å²) in [5.74, 6) is 1.57. The Labute approximate surface area is 159 Å². The van der Waals surface area contributed by atoms with Crippen LogP contribution in [-0.2, 0) is 0 Å². The molecule has 0 radical (unpaired) electrons. The molecule has 1 fully saturated rings. The highest BCUT2D eigenvalue weighted by molar-refractivity contribution is 14.0. The van der Waals surface area contributed by atoms with Crippen molar-refractivity contribution in [2.75, 3.05) is 37.6 Å². The number of nitrogens with zero attached hydrogens (tertiary/aromatic N) is 2. The lowest BCUT2D eigenvalue weighted by Gasteiger charge is -2.18. The van der Waals surface area contributed by atoms with Gasteiger partial charge in [0.25, 0.3) is 0 Å². The van der Waals surface area contributed by atoms with Gasteiger partial charge in [-0.25, -0.2) is 0 Å². The van der Waals surface area contributed by atoms with E-state index in [2.05, 4.69) is 74.6 Å². The van der Waals surface area contributed by atoms with E-state index in [0.717, 1.165) is 43.2 Å². The molecule has 124 valence electrons. The van der Waals surface area contributed by atoms with Gasteiger partial charge < -0.3 is 15.5 Å². The first-order chi connectivity index (χ1) is 10.2. The molecule has 0 saturated carbocycles. The van der Waals surface area contributed by atoms with Gasteiger partial charge in [-0.2, -0.15) is 0 Å². The second kappa shape index (κ2) is 10.3. The second-order valence-corrected chi connectivity index (χ2v) is 6.25. The summed E-state index contributed by atoms with van der Waals surface area (Å²) in [6.45, 7) is 9.09. The lowest BCUT2D eigenvalue weighted by atomic mass is 10.1. The summed E-state index contributed by atoms with van der Waals surface area (Å²) < 4.78 is 1.14. The predicted molar refractivity (Wildman–Crippen MR) is 110 cm³/mol. The minimum Gasteiger partial charge on any atom is -0.371 e. The number of aliphatic imine (C=N–C) groups is 1. The van der Waals surface area contributed by atoms with Crippen LogP contribution in [0.4, 0.5) is 5.69 Å². The number of benzene rings is 1. The van der Waals surface area contributed by atoms with Crippen LogP contribution >= 0.6 is 39.9 Å². The van der Waals surface area contributed by atoms with Gasteiger partial charge in [0.05, 0.1) is 0 Å². The summed E-state index contributed by atoms with van der Waals surface area (Å²) in [5, 5.41) is 6.55. The van der Waals surface area contributed by atoms with E-state index in [-0.39, 0.29) is 24.0 Å². The Balaban J connectivity index is 0.00000242. The highest BCUT2D eigenvalue weighted by Crippen LogP contribution is 2.26. The van der Waals surface area contributed by atoms with Crippen molar-refractivity contribution in [2.24, 2.45) is 10.9 Å². The fourth-order valence-electron chi connectivity index (χ4n) is 2.62. The first-order valence-electron chi connectivity index (χ1n) is 7.75. The second-order valence-electron chi connectivity index (χ2n) is 5.33. The maximum absolute atomic E-state index is 4.69. The molecule has 1 aromatic carbocycles. The third-order valence-electron chi connectivity index (χ3n) is 3.66. The lowest BCUT2D eigenvalue weighted by molar-refractivity contribution is 0.599. The average molecular weight is 481 g/mol. The Morgan fingerprint density at radius 1 is 1.32 bits per heavy atom.